The molecular formula is C32H34F3N3O4S. The van der Waals surface area contributed by atoms with E-state index < -0.39 is 34.8 Å². The van der Waals surface area contributed by atoms with Gasteiger partial charge in [-0.25, -0.2) is 9.59 Å². The normalized spacial score (nSPS) is 13.1. The Kier molecular flexibility index (Phi) is 10.1. The molecule has 0 spiro atoms. The lowest BCUT2D eigenvalue weighted by atomic mass is 10.1. The van der Waals surface area contributed by atoms with E-state index >= 15 is 0 Å². The van der Waals surface area contributed by atoms with E-state index in [1.54, 1.807) is 11.5 Å². The number of aliphatic carboxylic acids is 1. The van der Waals surface area contributed by atoms with Crippen LogP contribution in [-0.4, -0.2) is 31.5 Å². The van der Waals surface area contributed by atoms with Gasteiger partial charge in [-0.3, -0.25) is 4.57 Å². The van der Waals surface area contributed by atoms with Crippen LogP contribution in [0.2, 0.25) is 0 Å². The van der Waals surface area contributed by atoms with Crippen LogP contribution < -0.4 is 10.4 Å². The molecule has 7 nitrogen and oxygen atoms in total. The molecular weight excluding hydrogens is 579 g/mol. The predicted octanol–water partition coefficient (Wildman–Crippen LogP) is 7.59. The largest absolute Gasteiger partial charge is 0.479 e. The summed E-state index contributed by atoms with van der Waals surface area (Å²) >= 11 is 1.49. The molecule has 0 aliphatic heterocycles. The minimum atomic E-state index is -4.49. The summed E-state index contributed by atoms with van der Waals surface area (Å²) in [5.41, 5.74) is 1.52. The highest BCUT2D eigenvalue weighted by atomic mass is 32.2. The van der Waals surface area contributed by atoms with E-state index in [4.69, 9.17) is 9.84 Å². The molecule has 228 valence electrons. The van der Waals surface area contributed by atoms with Crippen LogP contribution in [0.1, 0.15) is 66.4 Å². The number of carboxylic acid groups (broad SMARTS) is 1. The van der Waals surface area contributed by atoms with Crippen LogP contribution >= 0.6 is 11.8 Å². The molecule has 0 aliphatic rings. The van der Waals surface area contributed by atoms with Gasteiger partial charge in [-0.2, -0.15) is 17.9 Å². The first-order valence-corrected chi connectivity index (χ1v) is 14.9. The molecule has 0 bridgehead atoms. The molecule has 0 saturated heterocycles. The molecule has 0 radical (unpaired) electrons. The van der Waals surface area contributed by atoms with Crippen molar-refractivity contribution in [3.05, 3.63) is 105 Å². The summed E-state index contributed by atoms with van der Waals surface area (Å²) in [5, 5.41) is 13.7. The highest BCUT2D eigenvalue weighted by Gasteiger charge is 2.31. The Bertz CT molecular complexity index is 1620. The Labute approximate surface area is 252 Å². The fourth-order valence-corrected chi connectivity index (χ4v) is 5.91. The van der Waals surface area contributed by atoms with E-state index in [-0.39, 0.29) is 5.69 Å². The van der Waals surface area contributed by atoms with Crippen LogP contribution in [0.25, 0.3) is 5.69 Å². The number of aromatic nitrogens is 3. The number of halogens is 3. The number of unbranched alkanes of at least 4 members (excludes halogenated alkanes) is 1. The fourth-order valence-electron chi connectivity index (χ4n) is 4.60. The van der Waals surface area contributed by atoms with Gasteiger partial charge in [0.05, 0.1) is 16.5 Å². The number of alkyl halides is 3. The average Bonchev–Trinajstić information content (AvgIpc) is 3.30. The Morgan fingerprint density at radius 1 is 1.02 bits per heavy atom. The third-order valence-corrected chi connectivity index (χ3v) is 8.45. The molecule has 1 aromatic heterocycles. The number of ether oxygens (including phenoxy) is 1. The van der Waals surface area contributed by atoms with Crippen LogP contribution in [0.15, 0.2) is 76.4 Å². The first-order valence-electron chi connectivity index (χ1n) is 14.0. The molecule has 2 unspecified atom stereocenters. The van der Waals surface area contributed by atoms with Crippen molar-refractivity contribution in [2.75, 3.05) is 0 Å². The van der Waals surface area contributed by atoms with Gasteiger partial charge in [0.2, 0.25) is 0 Å². The lowest BCUT2D eigenvalue weighted by Crippen LogP contribution is -2.26. The van der Waals surface area contributed by atoms with Crippen molar-refractivity contribution >= 4 is 17.7 Å². The van der Waals surface area contributed by atoms with Crippen molar-refractivity contribution in [3.63, 3.8) is 0 Å². The number of benzene rings is 3. The van der Waals surface area contributed by atoms with Crippen molar-refractivity contribution in [2.45, 2.75) is 75.9 Å². The standard InChI is InChI=1S/C32H34F3N3O4S/c1-5-7-17-37-29(36-38(31(37)41)24-15-13-23(14-16-24)32(33,34)35)28(22-11-9-8-10-12-22)43-27-19-20(3)26(18-21(27)4)42-25(6-2)30(39)40/h8-16,18-19,25,28H,5-7,17H2,1-4H3,(H,39,40). The first-order chi connectivity index (χ1) is 20.4. The number of thioether (sulfide) groups is 1. The van der Waals surface area contributed by atoms with Gasteiger partial charge in [0, 0.05) is 11.4 Å². The summed E-state index contributed by atoms with van der Waals surface area (Å²) < 4.78 is 48.1. The zero-order valence-corrected chi connectivity index (χ0v) is 25.2. The van der Waals surface area contributed by atoms with Gasteiger partial charge in [-0.1, -0.05) is 50.6 Å². The fraction of sp³-hybridized carbons (Fsp3) is 0.344. The second-order valence-electron chi connectivity index (χ2n) is 10.2. The van der Waals surface area contributed by atoms with Gasteiger partial charge in [-0.15, -0.1) is 16.9 Å². The Balaban J connectivity index is 1.81. The average molecular weight is 614 g/mol. The van der Waals surface area contributed by atoms with Gasteiger partial charge < -0.3 is 9.84 Å². The molecule has 4 aromatic rings. The van der Waals surface area contributed by atoms with Crippen molar-refractivity contribution in [1.82, 2.24) is 14.3 Å². The number of carboxylic acids is 1. The minimum Gasteiger partial charge on any atom is -0.479 e. The van der Waals surface area contributed by atoms with Gasteiger partial charge >= 0.3 is 17.8 Å². The van der Waals surface area contributed by atoms with Gasteiger partial charge in [0.1, 0.15) is 5.75 Å². The van der Waals surface area contributed by atoms with Crippen LogP contribution in [-0.2, 0) is 17.5 Å². The van der Waals surface area contributed by atoms with Crippen molar-refractivity contribution in [2.24, 2.45) is 0 Å². The number of hydrogen-bond donors (Lipinski definition) is 1. The van der Waals surface area contributed by atoms with E-state index in [0.717, 1.165) is 44.8 Å². The van der Waals surface area contributed by atoms with E-state index in [1.165, 1.54) is 23.9 Å². The van der Waals surface area contributed by atoms with E-state index in [0.29, 0.717) is 31.0 Å². The topological polar surface area (TPSA) is 86.3 Å². The summed E-state index contributed by atoms with van der Waals surface area (Å²) in [6.45, 7) is 7.91. The number of carbonyl (C=O) groups is 1. The number of aryl methyl sites for hydroxylation is 2. The smallest absolute Gasteiger partial charge is 0.416 e. The van der Waals surface area contributed by atoms with Crippen molar-refractivity contribution in [3.8, 4) is 11.4 Å². The van der Waals surface area contributed by atoms with Crippen LogP contribution in [0.4, 0.5) is 13.2 Å². The predicted molar refractivity (Wildman–Crippen MR) is 160 cm³/mol. The van der Waals surface area contributed by atoms with E-state index in [9.17, 15) is 27.9 Å². The second-order valence-corrected chi connectivity index (χ2v) is 11.4. The van der Waals surface area contributed by atoms with Crippen LogP contribution in [0.5, 0.6) is 5.75 Å². The third-order valence-electron chi connectivity index (χ3n) is 7.04. The first kappa shape index (κ1) is 31.9. The van der Waals surface area contributed by atoms with E-state index in [1.807, 2.05) is 63.2 Å². The molecule has 0 fully saturated rings. The summed E-state index contributed by atoms with van der Waals surface area (Å²) in [7, 11) is 0. The zero-order valence-electron chi connectivity index (χ0n) is 24.4. The molecule has 2 atom stereocenters. The number of rotatable bonds is 12. The monoisotopic (exact) mass is 613 g/mol. The molecule has 1 heterocycles. The quantitative estimate of drug-likeness (QED) is 0.166. The molecule has 1 N–H and O–H groups in total. The maximum atomic E-state index is 13.7. The molecule has 4 rings (SSSR count). The lowest BCUT2D eigenvalue weighted by Gasteiger charge is -2.21. The summed E-state index contributed by atoms with van der Waals surface area (Å²) in [5.74, 6) is -0.0709. The highest BCUT2D eigenvalue weighted by Crippen LogP contribution is 2.42. The van der Waals surface area contributed by atoms with Crippen LogP contribution in [0, 0.1) is 13.8 Å². The number of nitrogens with zero attached hydrogens (tertiary/aromatic N) is 3. The highest BCUT2D eigenvalue weighted by molar-refractivity contribution is 7.99. The van der Waals surface area contributed by atoms with Gasteiger partial charge in [-0.05, 0) is 79.8 Å². The minimum absolute atomic E-state index is 0.240. The van der Waals surface area contributed by atoms with Gasteiger partial charge in [0.15, 0.2) is 11.9 Å². The van der Waals surface area contributed by atoms with Crippen molar-refractivity contribution < 1.29 is 27.8 Å². The molecule has 0 saturated carbocycles. The maximum Gasteiger partial charge on any atom is 0.416 e. The summed E-state index contributed by atoms with van der Waals surface area (Å²) in [6.07, 6.45) is -3.60. The molecule has 0 amide bonds. The Hall–Kier alpha value is -3.99. The zero-order chi connectivity index (χ0) is 31.3. The molecule has 0 aliphatic carbocycles. The summed E-state index contributed by atoms with van der Waals surface area (Å²) in [4.78, 5) is 26.1. The SMILES string of the molecule is CCCCn1c(C(Sc2cc(C)c(OC(CC)C(=O)O)cc2C)c2ccccc2)nn(-c2ccc(C(F)(F)F)cc2)c1=O. The summed E-state index contributed by atoms with van der Waals surface area (Å²) in [6, 6.07) is 17.7. The Morgan fingerprint density at radius 3 is 2.28 bits per heavy atom. The maximum absolute atomic E-state index is 13.7. The van der Waals surface area contributed by atoms with Crippen molar-refractivity contribution in [1.29, 1.82) is 0 Å². The lowest BCUT2D eigenvalue weighted by molar-refractivity contribution is -0.145. The Morgan fingerprint density at radius 2 is 1.70 bits per heavy atom. The molecule has 43 heavy (non-hydrogen) atoms. The molecule has 11 heteroatoms. The molecule has 3 aromatic carbocycles. The second kappa shape index (κ2) is 13.5. The number of hydrogen-bond acceptors (Lipinski definition) is 5. The van der Waals surface area contributed by atoms with Crippen LogP contribution in [0.3, 0.4) is 0 Å². The van der Waals surface area contributed by atoms with Gasteiger partial charge in [0.25, 0.3) is 0 Å². The third kappa shape index (κ3) is 7.33. The van der Waals surface area contributed by atoms with E-state index in [2.05, 4.69) is 0 Å².